The average molecular weight is 232 g/mol. The van der Waals surface area contributed by atoms with Gasteiger partial charge in [0, 0.05) is 32.8 Å². The lowest BCUT2D eigenvalue weighted by Gasteiger charge is -2.30. The van der Waals surface area contributed by atoms with Crippen LogP contribution in [0.1, 0.15) is 6.92 Å². The summed E-state index contributed by atoms with van der Waals surface area (Å²) in [6.45, 7) is 7.06. The van der Waals surface area contributed by atoms with Crippen LogP contribution >= 0.6 is 0 Å². The third kappa shape index (κ3) is 5.77. The topological polar surface area (TPSA) is 54.0 Å². The lowest BCUT2D eigenvalue weighted by Crippen LogP contribution is -2.46. The Morgan fingerprint density at radius 2 is 2.44 bits per heavy atom. The first-order chi connectivity index (χ1) is 7.72. The quantitative estimate of drug-likeness (QED) is 0.608. The molecule has 1 heterocycles. The Bertz CT molecular complexity index is 181. The second-order valence-corrected chi connectivity index (χ2v) is 4.23. The number of likely N-dealkylation sites (N-methyl/N-ethyl adjacent to an activating group) is 1. The minimum atomic E-state index is -0.429. The molecule has 5 nitrogen and oxygen atoms in total. The Hall–Kier alpha value is -0.200. The maximum Gasteiger partial charge on any atom is 0.0897 e. The van der Waals surface area contributed by atoms with E-state index < -0.39 is 6.10 Å². The summed E-state index contributed by atoms with van der Waals surface area (Å²) in [6, 6.07) is 0. The molecule has 0 aromatic rings. The molecule has 1 fully saturated rings. The largest absolute Gasteiger partial charge is 0.389 e. The van der Waals surface area contributed by atoms with Crippen LogP contribution in [0.4, 0.5) is 0 Å². The monoisotopic (exact) mass is 232 g/mol. The van der Waals surface area contributed by atoms with E-state index in [1.165, 1.54) is 0 Å². The summed E-state index contributed by atoms with van der Waals surface area (Å²) in [6.07, 6.45) is -0.195. The Kier molecular flexibility index (Phi) is 6.91. The van der Waals surface area contributed by atoms with Gasteiger partial charge in [-0.05, 0) is 14.0 Å². The van der Waals surface area contributed by atoms with Gasteiger partial charge in [0.2, 0.25) is 0 Å². The van der Waals surface area contributed by atoms with E-state index in [-0.39, 0.29) is 6.10 Å². The van der Waals surface area contributed by atoms with Gasteiger partial charge in [-0.2, -0.15) is 0 Å². The van der Waals surface area contributed by atoms with Crippen LogP contribution in [-0.4, -0.2) is 75.3 Å². The molecule has 5 heteroatoms. The number of aliphatic hydroxyl groups is 1. The highest BCUT2D eigenvalue weighted by molar-refractivity contribution is 4.71. The number of rotatable bonds is 7. The lowest BCUT2D eigenvalue weighted by atomic mass is 10.2. The molecule has 0 aromatic heterocycles. The summed E-state index contributed by atoms with van der Waals surface area (Å²) in [4.78, 5) is 2.26. The van der Waals surface area contributed by atoms with Crippen molar-refractivity contribution in [1.82, 2.24) is 10.2 Å². The Morgan fingerprint density at radius 1 is 1.62 bits per heavy atom. The summed E-state index contributed by atoms with van der Waals surface area (Å²) in [7, 11) is 2.10. The molecule has 96 valence electrons. The Labute approximate surface area is 97.7 Å². The number of nitrogens with one attached hydrogen (secondary N) is 1. The highest BCUT2D eigenvalue weighted by Gasteiger charge is 2.17. The van der Waals surface area contributed by atoms with Crippen LogP contribution in [0, 0.1) is 0 Å². The van der Waals surface area contributed by atoms with Crippen molar-refractivity contribution in [2.75, 3.05) is 53.0 Å². The number of nitrogens with zero attached hydrogens (tertiary/aromatic N) is 1. The van der Waals surface area contributed by atoms with Gasteiger partial charge in [-0.25, -0.2) is 0 Å². The molecule has 0 aromatic carbocycles. The van der Waals surface area contributed by atoms with Gasteiger partial charge in [-0.1, -0.05) is 0 Å². The predicted octanol–water partition coefficient (Wildman–Crippen LogP) is -0.696. The first kappa shape index (κ1) is 13.9. The van der Waals surface area contributed by atoms with Gasteiger partial charge in [0.05, 0.1) is 25.4 Å². The van der Waals surface area contributed by atoms with Crippen LogP contribution < -0.4 is 5.32 Å². The van der Waals surface area contributed by atoms with Crippen LogP contribution in [0.15, 0.2) is 0 Å². The van der Waals surface area contributed by atoms with Crippen molar-refractivity contribution >= 4 is 0 Å². The van der Waals surface area contributed by atoms with Gasteiger partial charge in [-0.15, -0.1) is 0 Å². The van der Waals surface area contributed by atoms with Gasteiger partial charge in [0.15, 0.2) is 0 Å². The molecule has 1 rings (SSSR count). The normalized spacial score (nSPS) is 24.6. The first-order valence-corrected chi connectivity index (χ1v) is 5.99. The molecule has 1 aliphatic heterocycles. The van der Waals surface area contributed by atoms with Gasteiger partial charge in [0.1, 0.15) is 0 Å². The minimum absolute atomic E-state index is 0.234. The number of hydrogen-bond donors (Lipinski definition) is 2. The van der Waals surface area contributed by atoms with E-state index in [0.29, 0.717) is 19.8 Å². The maximum absolute atomic E-state index is 9.52. The molecule has 0 aliphatic carbocycles. The molecule has 2 N–H and O–H groups in total. The standard InChI is InChI=1S/C11H24N2O3/c1-3-15-9-10(14)6-12-7-11-8-13(2)4-5-16-11/h10-12,14H,3-9H2,1-2H3. The zero-order chi connectivity index (χ0) is 11.8. The fourth-order valence-corrected chi connectivity index (χ4v) is 1.71. The van der Waals surface area contributed by atoms with E-state index >= 15 is 0 Å². The molecule has 2 atom stereocenters. The van der Waals surface area contributed by atoms with E-state index in [9.17, 15) is 5.11 Å². The molecule has 1 aliphatic rings. The molecule has 0 spiro atoms. The van der Waals surface area contributed by atoms with E-state index in [0.717, 1.165) is 26.2 Å². The maximum atomic E-state index is 9.52. The van der Waals surface area contributed by atoms with Crippen LogP contribution in [0.5, 0.6) is 0 Å². The molecule has 0 bridgehead atoms. The Morgan fingerprint density at radius 3 is 3.12 bits per heavy atom. The zero-order valence-corrected chi connectivity index (χ0v) is 10.3. The number of hydrogen-bond acceptors (Lipinski definition) is 5. The SMILES string of the molecule is CCOCC(O)CNCC1CN(C)CCO1. The van der Waals surface area contributed by atoms with Crippen molar-refractivity contribution in [3.63, 3.8) is 0 Å². The van der Waals surface area contributed by atoms with Gasteiger partial charge in [0.25, 0.3) is 0 Å². The number of morpholine rings is 1. The highest BCUT2D eigenvalue weighted by atomic mass is 16.5. The number of aliphatic hydroxyl groups excluding tert-OH is 1. The number of ether oxygens (including phenoxy) is 2. The van der Waals surface area contributed by atoms with E-state index in [1.54, 1.807) is 0 Å². The Balaban J connectivity index is 2.01. The van der Waals surface area contributed by atoms with Gasteiger partial charge >= 0.3 is 0 Å². The van der Waals surface area contributed by atoms with E-state index in [2.05, 4.69) is 17.3 Å². The molecule has 2 unspecified atom stereocenters. The van der Waals surface area contributed by atoms with Crippen molar-refractivity contribution in [3.05, 3.63) is 0 Å². The van der Waals surface area contributed by atoms with Crippen LogP contribution in [0.25, 0.3) is 0 Å². The summed E-state index contributed by atoms with van der Waals surface area (Å²) < 4.78 is 10.7. The smallest absolute Gasteiger partial charge is 0.0897 e. The summed E-state index contributed by atoms with van der Waals surface area (Å²) in [5.74, 6) is 0. The molecule has 16 heavy (non-hydrogen) atoms. The van der Waals surface area contributed by atoms with E-state index in [4.69, 9.17) is 9.47 Å². The van der Waals surface area contributed by atoms with Crippen molar-refractivity contribution in [2.24, 2.45) is 0 Å². The second-order valence-electron chi connectivity index (χ2n) is 4.23. The lowest BCUT2D eigenvalue weighted by molar-refractivity contribution is -0.0206. The first-order valence-electron chi connectivity index (χ1n) is 5.99. The fraction of sp³-hybridized carbons (Fsp3) is 1.00. The average Bonchev–Trinajstić information content (AvgIpc) is 2.26. The molecule has 0 radical (unpaired) electrons. The summed E-state index contributed by atoms with van der Waals surface area (Å²) in [5.41, 5.74) is 0. The third-order valence-corrected chi connectivity index (χ3v) is 2.61. The van der Waals surface area contributed by atoms with Crippen LogP contribution in [0.3, 0.4) is 0 Å². The van der Waals surface area contributed by atoms with E-state index in [1.807, 2.05) is 6.92 Å². The van der Waals surface area contributed by atoms with Gasteiger partial charge < -0.3 is 24.8 Å². The molecule has 1 saturated heterocycles. The van der Waals surface area contributed by atoms with Crippen LogP contribution in [-0.2, 0) is 9.47 Å². The van der Waals surface area contributed by atoms with Crippen molar-refractivity contribution in [3.8, 4) is 0 Å². The minimum Gasteiger partial charge on any atom is -0.389 e. The molecular formula is C11H24N2O3. The molecule has 0 amide bonds. The van der Waals surface area contributed by atoms with Gasteiger partial charge in [-0.3, -0.25) is 0 Å². The summed E-state index contributed by atoms with van der Waals surface area (Å²) in [5, 5.41) is 12.7. The van der Waals surface area contributed by atoms with Crippen LogP contribution in [0.2, 0.25) is 0 Å². The molecule has 0 saturated carbocycles. The second kappa shape index (κ2) is 7.97. The zero-order valence-electron chi connectivity index (χ0n) is 10.3. The summed E-state index contributed by atoms with van der Waals surface area (Å²) >= 11 is 0. The highest BCUT2D eigenvalue weighted by Crippen LogP contribution is 2.01. The van der Waals surface area contributed by atoms with Crippen molar-refractivity contribution in [1.29, 1.82) is 0 Å². The molecular weight excluding hydrogens is 208 g/mol. The fourth-order valence-electron chi connectivity index (χ4n) is 1.71. The predicted molar refractivity (Wildman–Crippen MR) is 62.6 cm³/mol. The van der Waals surface area contributed by atoms with Crippen molar-refractivity contribution in [2.45, 2.75) is 19.1 Å². The third-order valence-electron chi connectivity index (χ3n) is 2.61. The van der Waals surface area contributed by atoms with Crippen molar-refractivity contribution < 1.29 is 14.6 Å².